The summed E-state index contributed by atoms with van der Waals surface area (Å²) in [4.78, 5) is 30.5. The third-order valence-electron chi connectivity index (χ3n) is 5.41. The van der Waals surface area contributed by atoms with Crippen LogP contribution < -0.4 is 10.9 Å². The van der Waals surface area contributed by atoms with E-state index in [2.05, 4.69) is 10.3 Å². The van der Waals surface area contributed by atoms with E-state index in [0.717, 1.165) is 12.0 Å². The van der Waals surface area contributed by atoms with E-state index in [1.807, 2.05) is 32.0 Å². The fraction of sp³-hybridized carbons (Fsp3) is 0.261. The Morgan fingerprint density at radius 2 is 2.03 bits per heavy atom. The average molecular weight is 441 g/mol. The molecule has 1 atom stereocenters. The molecule has 8 heteroatoms. The number of amides is 1. The van der Waals surface area contributed by atoms with Gasteiger partial charge < -0.3 is 9.88 Å². The fourth-order valence-corrected chi connectivity index (χ4v) is 3.82. The van der Waals surface area contributed by atoms with Gasteiger partial charge in [0, 0.05) is 16.5 Å². The van der Waals surface area contributed by atoms with Crippen LogP contribution in [0, 0.1) is 5.82 Å². The standard InChI is InChI=1S/C23H22ClFN4O2/c1-3-14(2)27-20(30)12-29-19-9-8-16(25)10-17(19)21-22(29)23(31)28(13-26-21)11-15-6-4-5-7-18(15)24/h4-10,13-14H,3,11-12H2,1-2H3,(H,27,30)/t14-/m1/s1. The maximum absolute atomic E-state index is 14.0. The van der Waals surface area contributed by atoms with Gasteiger partial charge in [0.2, 0.25) is 5.91 Å². The Hall–Kier alpha value is -3.19. The lowest BCUT2D eigenvalue weighted by atomic mass is 10.2. The number of aromatic nitrogens is 3. The number of fused-ring (bicyclic) bond motifs is 3. The highest BCUT2D eigenvalue weighted by atomic mass is 35.5. The first-order chi connectivity index (χ1) is 14.9. The van der Waals surface area contributed by atoms with Crippen LogP contribution in [0.2, 0.25) is 5.02 Å². The van der Waals surface area contributed by atoms with Crippen molar-refractivity contribution in [3.63, 3.8) is 0 Å². The Morgan fingerprint density at radius 1 is 1.26 bits per heavy atom. The summed E-state index contributed by atoms with van der Waals surface area (Å²) in [6, 6.07) is 11.5. The van der Waals surface area contributed by atoms with Crippen LogP contribution in [0.15, 0.2) is 53.6 Å². The molecule has 2 aromatic heterocycles. The molecule has 0 unspecified atom stereocenters. The van der Waals surface area contributed by atoms with Crippen molar-refractivity contribution in [2.45, 2.75) is 39.4 Å². The summed E-state index contributed by atoms with van der Waals surface area (Å²) in [5.41, 5.74) is 1.66. The number of rotatable bonds is 6. The minimum atomic E-state index is -0.433. The molecular weight excluding hydrogens is 419 g/mol. The normalized spacial score (nSPS) is 12.4. The van der Waals surface area contributed by atoms with Crippen molar-refractivity contribution in [2.24, 2.45) is 0 Å². The summed E-state index contributed by atoms with van der Waals surface area (Å²) in [7, 11) is 0. The Labute approximate surface area is 183 Å². The first-order valence-electron chi connectivity index (χ1n) is 10.1. The molecule has 4 rings (SSSR count). The third-order valence-corrected chi connectivity index (χ3v) is 5.78. The van der Waals surface area contributed by atoms with E-state index in [0.29, 0.717) is 21.4 Å². The van der Waals surface area contributed by atoms with Crippen LogP contribution >= 0.6 is 11.6 Å². The third kappa shape index (κ3) is 4.05. The zero-order valence-electron chi connectivity index (χ0n) is 17.2. The zero-order chi connectivity index (χ0) is 22.1. The van der Waals surface area contributed by atoms with E-state index in [1.165, 1.54) is 23.0 Å². The van der Waals surface area contributed by atoms with E-state index in [1.54, 1.807) is 16.7 Å². The predicted molar refractivity (Wildman–Crippen MR) is 120 cm³/mol. The number of carbonyl (C=O) groups excluding carboxylic acids is 1. The highest BCUT2D eigenvalue weighted by molar-refractivity contribution is 6.31. The molecule has 0 saturated heterocycles. The van der Waals surface area contributed by atoms with Gasteiger partial charge in [0.25, 0.3) is 5.56 Å². The van der Waals surface area contributed by atoms with Gasteiger partial charge in [-0.15, -0.1) is 0 Å². The van der Waals surface area contributed by atoms with Gasteiger partial charge in [0.05, 0.1) is 18.4 Å². The molecule has 2 aromatic carbocycles. The Morgan fingerprint density at radius 3 is 2.77 bits per heavy atom. The maximum Gasteiger partial charge on any atom is 0.278 e. The zero-order valence-corrected chi connectivity index (χ0v) is 18.0. The number of hydrogen-bond acceptors (Lipinski definition) is 3. The van der Waals surface area contributed by atoms with Gasteiger partial charge >= 0.3 is 0 Å². The van der Waals surface area contributed by atoms with Gasteiger partial charge in [-0.3, -0.25) is 14.2 Å². The van der Waals surface area contributed by atoms with E-state index < -0.39 is 5.82 Å². The highest BCUT2D eigenvalue weighted by Crippen LogP contribution is 2.26. The molecule has 0 aliphatic carbocycles. The second-order valence-electron chi connectivity index (χ2n) is 7.59. The summed E-state index contributed by atoms with van der Waals surface area (Å²) in [5, 5.41) is 3.95. The number of hydrogen-bond donors (Lipinski definition) is 1. The van der Waals surface area contributed by atoms with Crippen molar-refractivity contribution in [1.82, 2.24) is 19.4 Å². The molecule has 0 aliphatic rings. The van der Waals surface area contributed by atoms with Gasteiger partial charge in [0.15, 0.2) is 0 Å². The molecule has 31 heavy (non-hydrogen) atoms. The number of benzene rings is 2. The molecule has 6 nitrogen and oxygen atoms in total. The van der Waals surface area contributed by atoms with Crippen molar-refractivity contribution in [3.05, 3.63) is 75.5 Å². The quantitative estimate of drug-likeness (QED) is 0.490. The molecule has 0 radical (unpaired) electrons. The van der Waals surface area contributed by atoms with Crippen LogP contribution in [0.25, 0.3) is 21.9 Å². The van der Waals surface area contributed by atoms with Crippen molar-refractivity contribution in [1.29, 1.82) is 0 Å². The summed E-state index contributed by atoms with van der Waals surface area (Å²) in [6.07, 6.45) is 2.22. The van der Waals surface area contributed by atoms with Crippen LogP contribution in [0.4, 0.5) is 4.39 Å². The Kier molecular flexibility index (Phi) is 5.78. The van der Waals surface area contributed by atoms with E-state index in [-0.39, 0.29) is 36.1 Å². The lowest BCUT2D eigenvalue weighted by Crippen LogP contribution is -2.35. The first kappa shape index (κ1) is 21.1. The number of carbonyl (C=O) groups is 1. The molecule has 160 valence electrons. The van der Waals surface area contributed by atoms with Crippen LogP contribution in [0.5, 0.6) is 0 Å². The summed E-state index contributed by atoms with van der Waals surface area (Å²) < 4.78 is 17.0. The van der Waals surface area contributed by atoms with Crippen molar-refractivity contribution in [3.8, 4) is 0 Å². The first-order valence-corrected chi connectivity index (χ1v) is 10.5. The van der Waals surface area contributed by atoms with Crippen molar-refractivity contribution in [2.75, 3.05) is 0 Å². The highest BCUT2D eigenvalue weighted by Gasteiger charge is 2.19. The van der Waals surface area contributed by atoms with Crippen LogP contribution in [-0.2, 0) is 17.9 Å². The van der Waals surface area contributed by atoms with Gasteiger partial charge in [-0.25, -0.2) is 9.37 Å². The second kappa shape index (κ2) is 8.51. The molecular formula is C23H22ClFN4O2. The van der Waals surface area contributed by atoms with Gasteiger partial charge in [-0.05, 0) is 43.2 Å². The number of nitrogens with zero attached hydrogens (tertiary/aromatic N) is 3. The second-order valence-corrected chi connectivity index (χ2v) is 8.00. The summed E-state index contributed by atoms with van der Waals surface area (Å²) in [6.45, 7) is 4.06. The molecule has 2 heterocycles. The maximum atomic E-state index is 14.0. The number of halogens is 2. The molecule has 0 bridgehead atoms. The molecule has 1 amide bonds. The average Bonchev–Trinajstić information content (AvgIpc) is 3.04. The van der Waals surface area contributed by atoms with Gasteiger partial charge in [-0.1, -0.05) is 36.7 Å². The molecule has 0 spiro atoms. The Bertz CT molecular complexity index is 1340. The van der Waals surface area contributed by atoms with E-state index in [9.17, 15) is 14.0 Å². The van der Waals surface area contributed by atoms with Crippen molar-refractivity contribution < 1.29 is 9.18 Å². The summed E-state index contributed by atoms with van der Waals surface area (Å²) >= 11 is 6.25. The molecule has 0 aliphatic heterocycles. The van der Waals surface area contributed by atoms with Crippen LogP contribution in [-0.4, -0.2) is 26.1 Å². The predicted octanol–water partition coefficient (Wildman–Crippen LogP) is 4.11. The number of nitrogens with one attached hydrogen (secondary N) is 1. The Balaban J connectivity index is 1.87. The smallest absolute Gasteiger partial charge is 0.278 e. The van der Waals surface area contributed by atoms with E-state index in [4.69, 9.17) is 11.6 Å². The summed E-state index contributed by atoms with van der Waals surface area (Å²) in [5.74, 6) is -0.656. The minimum absolute atomic E-state index is 0.00744. The lowest BCUT2D eigenvalue weighted by molar-refractivity contribution is -0.122. The van der Waals surface area contributed by atoms with Crippen LogP contribution in [0.3, 0.4) is 0 Å². The monoisotopic (exact) mass is 440 g/mol. The topological polar surface area (TPSA) is 68.9 Å². The lowest BCUT2D eigenvalue weighted by Gasteiger charge is -2.13. The minimum Gasteiger partial charge on any atom is -0.352 e. The SMILES string of the molecule is CC[C@@H](C)NC(=O)Cn1c2ccc(F)cc2c2ncn(Cc3ccccc3Cl)c(=O)c21. The molecule has 4 aromatic rings. The fourth-order valence-electron chi connectivity index (χ4n) is 3.63. The van der Waals surface area contributed by atoms with Crippen LogP contribution in [0.1, 0.15) is 25.8 Å². The molecule has 0 fully saturated rings. The van der Waals surface area contributed by atoms with Crippen molar-refractivity contribution >= 4 is 39.4 Å². The van der Waals surface area contributed by atoms with E-state index >= 15 is 0 Å². The molecule has 0 saturated carbocycles. The molecule has 1 N–H and O–H groups in total. The largest absolute Gasteiger partial charge is 0.352 e. The van der Waals surface area contributed by atoms with Gasteiger partial charge in [-0.2, -0.15) is 0 Å². The van der Waals surface area contributed by atoms with Gasteiger partial charge in [0.1, 0.15) is 23.4 Å².